The van der Waals surface area contributed by atoms with Crippen molar-refractivity contribution in [1.29, 1.82) is 0 Å². The van der Waals surface area contributed by atoms with Crippen molar-refractivity contribution >= 4 is 11.8 Å². The molecule has 4 nitrogen and oxygen atoms in total. The minimum absolute atomic E-state index is 0.0442. The molecule has 2 aromatic rings. The van der Waals surface area contributed by atoms with Crippen molar-refractivity contribution in [1.82, 2.24) is 10.2 Å². The van der Waals surface area contributed by atoms with Crippen LogP contribution in [0.1, 0.15) is 71.6 Å². The summed E-state index contributed by atoms with van der Waals surface area (Å²) in [5, 5.41) is 3.25. The molecular formula is C24H28N2O2. The van der Waals surface area contributed by atoms with E-state index in [1.807, 2.05) is 55.5 Å². The first-order valence-corrected chi connectivity index (χ1v) is 10.4. The number of amides is 2. The van der Waals surface area contributed by atoms with Gasteiger partial charge in [-0.3, -0.25) is 9.59 Å². The summed E-state index contributed by atoms with van der Waals surface area (Å²) < 4.78 is 0. The van der Waals surface area contributed by atoms with Crippen molar-refractivity contribution in [2.75, 3.05) is 0 Å². The van der Waals surface area contributed by atoms with E-state index in [0.29, 0.717) is 12.1 Å². The van der Waals surface area contributed by atoms with Crippen LogP contribution < -0.4 is 5.32 Å². The number of aryl methyl sites for hydroxylation is 1. The Bertz CT molecular complexity index is 851. The summed E-state index contributed by atoms with van der Waals surface area (Å²) in [6, 6.07) is 15.4. The number of rotatable bonds is 4. The number of nitrogens with one attached hydrogen (secondary N) is 1. The number of fused-ring (bicyclic) bond motifs is 1. The Morgan fingerprint density at radius 1 is 1.00 bits per heavy atom. The van der Waals surface area contributed by atoms with Gasteiger partial charge in [0.15, 0.2) is 0 Å². The first kappa shape index (κ1) is 18.7. The summed E-state index contributed by atoms with van der Waals surface area (Å²) in [5.74, 6) is -0.102. The molecule has 0 aromatic heterocycles. The number of benzene rings is 2. The van der Waals surface area contributed by atoms with E-state index < -0.39 is 6.04 Å². The highest BCUT2D eigenvalue weighted by atomic mass is 16.2. The lowest BCUT2D eigenvalue weighted by Gasteiger charge is -2.27. The molecule has 1 aliphatic carbocycles. The third-order valence-corrected chi connectivity index (χ3v) is 5.98. The fraction of sp³-hybridized carbons (Fsp3) is 0.417. The van der Waals surface area contributed by atoms with Gasteiger partial charge in [0.25, 0.3) is 5.91 Å². The standard InChI is InChI=1S/C24H28N2O2/c1-17-12-14-18(15-13-17)16-26-22(20-10-6-7-11-21(20)24(26)28)23(27)25-19-8-4-2-3-5-9-19/h6-7,10-15,19,22H,2-5,8-9,16H2,1H3,(H,25,27). The first-order valence-electron chi connectivity index (χ1n) is 10.4. The van der Waals surface area contributed by atoms with Gasteiger partial charge in [-0.05, 0) is 37.0 Å². The van der Waals surface area contributed by atoms with Crippen LogP contribution in [-0.2, 0) is 11.3 Å². The van der Waals surface area contributed by atoms with Gasteiger partial charge in [0.1, 0.15) is 6.04 Å². The maximum absolute atomic E-state index is 13.3. The molecule has 1 fully saturated rings. The lowest BCUT2D eigenvalue weighted by molar-refractivity contribution is -0.126. The minimum Gasteiger partial charge on any atom is -0.351 e. The van der Waals surface area contributed by atoms with Gasteiger partial charge in [-0.2, -0.15) is 0 Å². The number of carbonyl (C=O) groups is 2. The predicted octanol–water partition coefficient (Wildman–Crippen LogP) is 4.53. The molecule has 1 N–H and O–H groups in total. The van der Waals surface area contributed by atoms with Crippen LogP contribution in [0.4, 0.5) is 0 Å². The van der Waals surface area contributed by atoms with Crippen LogP contribution in [0.5, 0.6) is 0 Å². The number of nitrogens with zero attached hydrogens (tertiary/aromatic N) is 1. The van der Waals surface area contributed by atoms with Crippen LogP contribution in [0.15, 0.2) is 48.5 Å². The third-order valence-electron chi connectivity index (χ3n) is 5.98. The van der Waals surface area contributed by atoms with Gasteiger partial charge in [-0.25, -0.2) is 0 Å². The van der Waals surface area contributed by atoms with E-state index >= 15 is 0 Å². The zero-order chi connectivity index (χ0) is 19.5. The Morgan fingerprint density at radius 2 is 1.68 bits per heavy atom. The quantitative estimate of drug-likeness (QED) is 0.797. The lowest BCUT2D eigenvalue weighted by atomic mass is 10.0. The van der Waals surface area contributed by atoms with E-state index in [0.717, 1.165) is 36.8 Å². The molecule has 0 bridgehead atoms. The maximum atomic E-state index is 13.3. The fourth-order valence-electron chi connectivity index (χ4n) is 4.41. The molecule has 1 unspecified atom stereocenters. The van der Waals surface area contributed by atoms with Gasteiger partial charge >= 0.3 is 0 Å². The molecule has 1 atom stereocenters. The molecule has 1 heterocycles. The average molecular weight is 377 g/mol. The van der Waals surface area contributed by atoms with Crippen LogP contribution in [0.25, 0.3) is 0 Å². The number of hydrogen-bond acceptors (Lipinski definition) is 2. The number of carbonyl (C=O) groups excluding carboxylic acids is 2. The molecule has 2 aromatic carbocycles. The molecule has 2 amide bonds. The summed E-state index contributed by atoms with van der Waals surface area (Å²) in [6.07, 6.45) is 6.89. The zero-order valence-electron chi connectivity index (χ0n) is 16.5. The van der Waals surface area contributed by atoms with E-state index in [9.17, 15) is 9.59 Å². The van der Waals surface area contributed by atoms with Crippen LogP contribution in [0, 0.1) is 6.92 Å². The summed E-state index contributed by atoms with van der Waals surface area (Å²) in [5.41, 5.74) is 3.70. The Morgan fingerprint density at radius 3 is 2.39 bits per heavy atom. The second-order valence-electron chi connectivity index (χ2n) is 8.11. The molecule has 0 saturated heterocycles. The van der Waals surface area contributed by atoms with Gasteiger partial charge in [-0.1, -0.05) is 73.7 Å². The minimum atomic E-state index is -0.548. The molecule has 4 heteroatoms. The van der Waals surface area contributed by atoms with E-state index in [-0.39, 0.29) is 17.9 Å². The SMILES string of the molecule is Cc1ccc(CN2C(=O)c3ccccc3C2C(=O)NC2CCCCCC2)cc1. The van der Waals surface area contributed by atoms with E-state index in [1.165, 1.54) is 18.4 Å². The van der Waals surface area contributed by atoms with Crippen molar-refractivity contribution in [3.63, 3.8) is 0 Å². The Hall–Kier alpha value is -2.62. The Balaban J connectivity index is 1.59. The lowest BCUT2D eigenvalue weighted by Crippen LogP contribution is -2.43. The molecule has 1 aliphatic heterocycles. The van der Waals surface area contributed by atoms with E-state index in [2.05, 4.69) is 5.32 Å². The van der Waals surface area contributed by atoms with Crippen molar-refractivity contribution in [3.05, 3.63) is 70.8 Å². The molecule has 1 saturated carbocycles. The largest absolute Gasteiger partial charge is 0.351 e. The third kappa shape index (κ3) is 3.82. The zero-order valence-corrected chi connectivity index (χ0v) is 16.5. The van der Waals surface area contributed by atoms with Gasteiger partial charge in [0.05, 0.1) is 0 Å². The highest BCUT2D eigenvalue weighted by Crippen LogP contribution is 2.35. The van der Waals surface area contributed by atoms with Gasteiger partial charge in [0.2, 0.25) is 5.91 Å². The van der Waals surface area contributed by atoms with E-state index in [1.54, 1.807) is 4.90 Å². The predicted molar refractivity (Wildman–Crippen MR) is 110 cm³/mol. The Labute approximate surface area is 166 Å². The van der Waals surface area contributed by atoms with Gasteiger partial charge in [0, 0.05) is 18.2 Å². The van der Waals surface area contributed by atoms with Crippen molar-refractivity contribution in [2.24, 2.45) is 0 Å². The summed E-state index contributed by atoms with van der Waals surface area (Å²) in [6.45, 7) is 2.49. The number of hydrogen-bond donors (Lipinski definition) is 1. The van der Waals surface area contributed by atoms with Crippen LogP contribution in [0.2, 0.25) is 0 Å². The highest BCUT2D eigenvalue weighted by Gasteiger charge is 2.41. The van der Waals surface area contributed by atoms with Crippen LogP contribution in [-0.4, -0.2) is 22.8 Å². The van der Waals surface area contributed by atoms with Crippen molar-refractivity contribution in [3.8, 4) is 0 Å². The Kier molecular flexibility index (Phi) is 5.47. The molecule has 2 aliphatic rings. The van der Waals surface area contributed by atoms with Crippen LogP contribution in [0.3, 0.4) is 0 Å². The average Bonchev–Trinajstić information content (AvgIpc) is 2.85. The molecule has 0 spiro atoms. The molecule has 4 rings (SSSR count). The monoisotopic (exact) mass is 376 g/mol. The van der Waals surface area contributed by atoms with Crippen molar-refractivity contribution in [2.45, 2.75) is 64.1 Å². The molecule has 0 radical (unpaired) electrons. The van der Waals surface area contributed by atoms with Gasteiger partial charge < -0.3 is 10.2 Å². The normalized spacial score (nSPS) is 20.0. The summed E-state index contributed by atoms with van der Waals surface area (Å²) in [4.78, 5) is 28.1. The summed E-state index contributed by atoms with van der Waals surface area (Å²) >= 11 is 0. The topological polar surface area (TPSA) is 49.4 Å². The highest BCUT2D eigenvalue weighted by molar-refractivity contribution is 6.04. The second-order valence-corrected chi connectivity index (χ2v) is 8.11. The first-order chi connectivity index (χ1) is 13.6. The fourth-order valence-corrected chi connectivity index (χ4v) is 4.41. The molecule has 146 valence electrons. The molecular weight excluding hydrogens is 348 g/mol. The van der Waals surface area contributed by atoms with Crippen LogP contribution >= 0.6 is 0 Å². The smallest absolute Gasteiger partial charge is 0.255 e. The summed E-state index contributed by atoms with van der Waals surface area (Å²) in [7, 11) is 0. The van der Waals surface area contributed by atoms with E-state index in [4.69, 9.17) is 0 Å². The second kappa shape index (κ2) is 8.17. The van der Waals surface area contributed by atoms with Crippen molar-refractivity contribution < 1.29 is 9.59 Å². The van der Waals surface area contributed by atoms with Gasteiger partial charge in [-0.15, -0.1) is 0 Å². The maximum Gasteiger partial charge on any atom is 0.255 e. The molecule has 28 heavy (non-hydrogen) atoms.